The molecule has 3 rings (SSSR count). The van der Waals surface area contributed by atoms with Gasteiger partial charge in [-0.15, -0.1) is 0 Å². The molecular weight excluding hydrogens is 399 g/mol. The second-order valence-electron chi connectivity index (χ2n) is 6.84. The minimum atomic E-state index is -0.593. The Morgan fingerprint density at radius 2 is 1.94 bits per heavy atom. The number of carbonyl (C=O) groups excluding carboxylic acids is 1. The number of nitrogens with zero attached hydrogens (tertiary/aromatic N) is 2. The number of ether oxygens (including phenoxy) is 2. The first-order valence-electron chi connectivity index (χ1n) is 9.68. The topological polar surface area (TPSA) is 81.3 Å². The van der Waals surface area contributed by atoms with Crippen LogP contribution in [-0.2, 0) is 17.9 Å². The number of hydrogen-bond acceptors (Lipinski definition) is 5. The van der Waals surface area contributed by atoms with E-state index in [1.165, 1.54) is 29.0 Å². The average molecular weight is 420 g/mol. The Balaban J connectivity index is 1.95. The second-order valence-corrected chi connectivity index (χ2v) is 6.84. The molecule has 1 heterocycles. The number of aromatic nitrogens is 1. The van der Waals surface area contributed by atoms with E-state index in [1.807, 2.05) is 36.4 Å². The minimum Gasteiger partial charge on any atom is -0.488 e. The Bertz CT molecular complexity index is 1170. The molecular formula is C24H21FN2O4. The number of pyridine rings is 1. The highest BCUT2D eigenvalue weighted by molar-refractivity contribution is 6.10. The van der Waals surface area contributed by atoms with Crippen LogP contribution in [0.5, 0.6) is 5.75 Å². The summed E-state index contributed by atoms with van der Waals surface area (Å²) in [7, 11) is 1.55. The fourth-order valence-electron chi connectivity index (χ4n) is 3.08. The number of rotatable bonds is 9. The van der Waals surface area contributed by atoms with Gasteiger partial charge < -0.3 is 14.0 Å². The van der Waals surface area contributed by atoms with Crippen LogP contribution in [0.25, 0.3) is 0 Å². The lowest BCUT2D eigenvalue weighted by molar-refractivity contribution is 0.103. The standard InChI is InChI=1S/C24H21FN2O4/c1-30-11-5-10-27-15-19(12-18(14-26)24(27)29)23(28)21-13-20(25)8-9-22(21)31-16-17-6-3-2-4-7-17/h2-4,6-9,12-13,15H,5,10-11,16H2,1H3. The molecule has 1 aromatic heterocycles. The van der Waals surface area contributed by atoms with Gasteiger partial charge in [-0.1, -0.05) is 30.3 Å². The van der Waals surface area contributed by atoms with Gasteiger partial charge in [0, 0.05) is 32.0 Å². The van der Waals surface area contributed by atoms with Gasteiger partial charge >= 0.3 is 0 Å². The highest BCUT2D eigenvalue weighted by atomic mass is 19.1. The molecule has 0 saturated carbocycles. The molecule has 0 spiro atoms. The molecule has 0 aliphatic rings. The third-order valence-electron chi connectivity index (χ3n) is 4.64. The van der Waals surface area contributed by atoms with Gasteiger partial charge in [0.25, 0.3) is 5.56 Å². The molecule has 2 aromatic carbocycles. The Morgan fingerprint density at radius 3 is 2.65 bits per heavy atom. The number of aryl methyl sites for hydroxylation is 1. The quantitative estimate of drug-likeness (QED) is 0.389. The molecule has 31 heavy (non-hydrogen) atoms. The molecule has 3 aromatic rings. The van der Waals surface area contributed by atoms with E-state index in [1.54, 1.807) is 7.11 Å². The number of nitriles is 1. The highest BCUT2D eigenvalue weighted by Gasteiger charge is 2.19. The van der Waals surface area contributed by atoms with Crippen LogP contribution in [0.1, 0.15) is 33.5 Å². The summed E-state index contributed by atoms with van der Waals surface area (Å²) in [4.78, 5) is 25.6. The zero-order valence-corrected chi connectivity index (χ0v) is 17.0. The largest absolute Gasteiger partial charge is 0.488 e. The van der Waals surface area contributed by atoms with Gasteiger partial charge in [0.1, 0.15) is 29.8 Å². The molecule has 0 aliphatic carbocycles. The zero-order chi connectivity index (χ0) is 22.2. The van der Waals surface area contributed by atoms with Gasteiger partial charge in [0.2, 0.25) is 0 Å². The van der Waals surface area contributed by atoms with Crippen LogP contribution in [0.2, 0.25) is 0 Å². The van der Waals surface area contributed by atoms with Crippen molar-refractivity contribution in [2.24, 2.45) is 0 Å². The van der Waals surface area contributed by atoms with E-state index in [9.17, 15) is 19.2 Å². The molecule has 6 nitrogen and oxygen atoms in total. The third kappa shape index (κ3) is 5.44. The summed E-state index contributed by atoms with van der Waals surface area (Å²) in [5.74, 6) is -0.921. The van der Waals surface area contributed by atoms with Crippen molar-refractivity contribution in [1.82, 2.24) is 4.57 Å². The summed E-state index contributed by atoms with van der Waals surface area (Å²) in [6.45, 7) is 0.906. The predicted molar refractivity (Wildman–Crippen MR) is 113 cm³/mol. The second kappa shape index (κ2) is 10.3. The number of ketones is 1. The Kier molecular flexibility index (Phi) is 7.31. The van der Waals surface area contributed by atoms with Crippen LogP contribution in [0, 0.1) is 17.1 Å². The summed E-state index contributed by atoms with van der Waals surface area (Å²) in [5, 5.41) is 9.32. The van der Waals surface area contributed by atoms with Crippen LogP contribution in [-0.4, -0.2) is 24.1 Å². The zero-order valence-electron chi connectivity index (χ0n) is 17.0. The summed E-state index contributed by atoms with van der Waals surface area (Å²) in [5.41, 5.74) is 0.357. The number of hydrogen-bond donors (Lipinski definition) is 0. The first kappa shape index (κ1) is 21.9. The molecule has 158 valence electrons. The first-order chi connectivity index (χ1) is 15.0. The Hall–Kier alpha value is -3.76. The van der Waals surface area contributed by atoms with Crippen molar-refractivity contribution in [3.8, 4) is 11.8 Å². The van der Waals surface area contributed by atoms with Crippen LogP contribution in [0.15, 0.2) is 65.6 Å². The first-order valence-corrected chi connectivity index (χ1v) is 9.68. The van der Waals surface area contributed by atoms with E-state index in [0.29, 0.717) is 13.0 Å². The van der Waals surface area contributed by atoms with Crippen LogP contribution < -0.4 is 10.3 Å². The van der Waals surface area contributed by atoms with Crippen molar-refractivity contribution in [1.29, 1.82) is 5.26 Å². The molecule has 0 bridgehead atoms. The Labute approximate surface area is 179 Å². The lowest BCUT2D eigenvalue weighted by Gasteiger charge is -2.13. The summed E-state index contributed by atoms with van der Waals surface area (Å²) >= 11 is 0. The van der Waals surface area contributed by atoms with Crippen LogP contribution in [0.4, 0.5) is 4.39 Å². The van der Waals surface area contributed by atoms with E-state index >= 15 is 0 Å². The van der Waals surface area contributed by atoms with Gasteiger partial charge in [-0.05, 0) is 36.2 Å². The van der Waals surface area contributed by atoms with Crippen molar-refractivity contribution in [3.63, 3.8) is 0 Å². The summed E-state index contributed by atoms with van der Waals surface area (Å²) in [6.07, 6.45) is 1.91. The van der Waals surface area contributed by atoms with Crippen molar-refractivity contribution >= 4 is 5.78 Å². The fourth-order valence-corrected chi connectivity index (χ4v) is 3.08. The van der Waals surface area contributed by atoms with Crippen LogP contribution >= 0.6 is 0 Å². The van der Waals surface area contributed by atoms with E-state index in [2.05, 4.69) is 0 Å². The lowest BCUT2D eigenvalue weighted by atomic mass is 10.0. The number of halogens is 1. The van der Waals surface area contributed by atoms with Gasteiger partial charge in [0.15, 0.2) is 5.78 Å². The SMILES string of the molecule is COCCCn1cc(C(=O)c2cc(F)ccc2OCc2ccccc2)cc(C#N)c1=O. The predicted octanol–water partition coefficient (Wildman–Crippen LogP) is 3.71. The molecule has 7 heteroatoms. The van der Waals surface area contributed by atoms with E-state index in [4.69, 9.17) is 9.47 Å². The molecule has 0 atom stereocenters. The Morgan fingerprint density at radius 1 is 1.16 bits per heavy atom. The van der Waals surface area contributed by atoms with Crippen LogP contribution in [0.3, 0.4) is 0 Å². The van der Waals surface area contributed by atoms with Gasteiger partial charge in [-0.3, -0.25) is 9.59 Å². The molecule has 0 radical (unpaired) electrons. The minimum absolute atomic E-state index is 0.0157. The van der Waals surface area contributed by atoms with E-state index in [0.717, 1.165) is 11.6 Å². The lowest BCUT2D eigenvalue weighted by Crippen LogP contribution is -2.24. The number of carbonyl (C=O) groups is 1. The van der Waals surface area contributed by atoms with Crippen molar-refractivity contribution in [2.45, 2.75) is 19.6 Å². The van der Waals surface area contributed by atoms with E-state index < -0.39 is 17.2 Å². The van der Waals surface area contributed by atoms with Gasteiger partial charge in [-0.2, -0.15) is 5.26 Å². The molecule has 0 fully saturated rings. The molecule has 0 N–H and O–H groups in total. The molecule has 0 amide bonds. The third-order valence-corrected chi connectivity index (χ3v) is 4.64. The van der Waals surface area contributed by atoms with Crippen molar-refractivity contribution in [2.75, 3.05) is 13.7 Å². The maximum atomic E-state index is 14.0. The number of methoxy groups -OCH3 is 1. The maximum Gasteiger partial charge on any atom is 0.268 e. The van der Waals surface area contributed by atoms with Crippen molar-refractivity contribution in [3.05, 3.63) is 99.2 Å². The molecule has 0 unspecified atom stereocenters. The summed E-state index contributed by atoms with van der Waals surface area (Å²) < 4.78 is 26.0. The smallest absolute Gasteiger partial charge is 0.268 e. The highest BCUT2D eigenvalue weighted by Crippen LogP contribution is 2.24. The average Bonchev–Trinajstić information content (AvgIpc) is 2.79. The monoisotopic (exact) mass is 420 g/mol. The summed E-state index contributed by atoms with van der Waals surface area (Å²) in [6, 6.07) is 16.1. The van der Waals surface area contributed by atoms with Gasteiger partial charge in [-0.25, -0.2) is 4.39 Å². The van der Waals surface area contributed by atoms with Crippen molar-refractivity contribution < 1.29 is 18.7 Å². The molecule has 0 saturated heterocycles. The normalized spacial score (nSPS) is 10.5. The fraction of sp³-hybridized carbons (Fsp3) is 0.208. The maximum absolute atomic E-state index is 14.0. The molecule has 0 aliphatic heterocycles. The van der Waals surface area contributed by atoms with Gasteiger partial charge in [0.05, 0.1) is 5.56 Å². The van der Waals surface area contributed by atoms with E-state index in [-0.39, 0.29) is 35.6 Å². The number of benzene rings is 2.